The molecular formula is C21H15Cl3N6O2S. The van der Waals surface area contributed by atoms with Crippen LogP contribution in [-0.2, 0) is 6.54 Å². The number of halogens is 3. The minimum Gasteiger partial charge on any atom is -0.369 e. The second kappa shape index (κ2) is 9.80. The third kappa shape index (κ3) is 5.28. The molecule has 8 nitrogen and oxygen atoms in total. The van der Waals surface area contributed by atoms with E-state index in [-0.39, 0.29) is 11.3 Å². The number of rotatable bonds is 6. The Hall–Kier alpha value is -3.11. The van der Waals surface area contributed by atoms with Crippen molar-refractivity contribution in [2.24, 2.45) is 0 Å². The molecule has 0 saturated carbocycles. The molecule has 4 N–H and O–H groups in total. The largest absolute Gasteiger partial charge is 0.369 e. The highest BCUT2D eigenvalue weighted by Crippen LogP contribution is 2.31. The van der Waals surface area contributed by atoms with E-state index in [9.17, 15) is 9.59 Å². The predicted octanol–water partition coefficient (Wildman–Crippen LogP) is 5.43. The lowest BCUT2D eigenvalue weighted by Gasteiger charge is -2.12. The first kappa shape index (κ1) is 23.1. The van der Waals surface area contributed by atoms with Gasteiger partial charge in [-0.2, -0.15) is 0 Å². The number of anilines is 3. The van der Waals surface area contributed by atoms with E-state index in [1.807, 2.05) is 0 Å². The molecular weight excluding hydrogens is 507 g/mol. The van der Waals surface area contributed by atoms with E-state index in [0.717, 1.165) is 5.56 Å². The zero-order valence-electron chi connectivity index (χ0n) is 16.7. The minimum atomic E-state index is -0.504. The first-order chi connectivity index (χ1) is 15.8. The van der Waals surface area contributed by atoms with Crippen LogP contribution in [0.1, 0.15) is 25.6 Å². The summed E-state index contributed by atoms with van der Waals surface area (Å²) in [6, 6.07) is 7.71. The van der Waals surface area contributed by atoms with Crippen LogP contribution >= 0.6 is 46.1 Å². The van der Waals surface area contributed by atoms with E-state index < -0.39 is 11.8 Å². The number of hydrogen-bond acceptors (Lipinski definition) is 6. The van der Waals surface area contributed by atoms with Gasteiger partial charge >= 0.3 is 0 Å². The molecule has 0 fully saturated rings. The number of amides is 2. The average Bonchev–Trinajstić information content (AvgIpc) is 3.36. The molecule has 0 bridgehead atoms. The van der Waals surface area contributed by atoms with Crippen molar-refractivity contribution in [3.05, 3.63) is 85.4 Å². The number of thiophene rings is 1. The minimum absolute atomic E-state index is 0.159. The second-order valence-electron chi connectivity index (χ2n) is 6.78. The summed E-state index contributed by atoms with van der Waals surface area (Å²) in [6.45, 7) is 0.372. The molecule has 0 atom stereocenters. The third-order valence-corrected chi connectivity index (χ3v) is 6.57. The van der Waals surface area contributed by atoms with Crippen molar-refractivity contribution in [1.29, 1.82) is 0 Å². The first-order valence-corrected chi connectivity index (χ1v) is 11.4. The maximum absolute atomic E-state index is 13.0. The molecule has 2 amide bonds. The summed E-state index contributed by atoms with van der Waals surface area (Å²) in [5.41, 5.74) is 6.95. The lowest BCUT2D eigenvalue weighted by molar-refractivity contribution is 0.102. The normalized spacial score (nSPS) is 10.8. The van der Waals surface area contributed by atoms with Crippen molar-refractivity contribution in [2.75, 3.05) is 16.4 Å². The third-order valence-electron chi connectivity index (χ3n) is 4.54. The summed E-state index contributed by atoms with van der Waals surface area (Å²) in [5.74, 6) is -0.325. The first-order valence-electron chi connectivity index (χ1n) is 9.38. The number of aromatic nitrogens is 3. The van der Waals surface area contributed by atoms with E-state index in [1.165, 1.54) is 23.6 Å². The van der Waals surface area contributed by atoms with E-state index in [2.05, 4.69) is 20.6 Å². The molecule has 12 heteroatoms. The van der Waals surface area contributed by atoms with Gasteiger partial charge in [-0.05, 0) is 35.7 Å². The fourth-order valence-corrected chi connectivity index (χ4v) is 4.45. The van der Waals surface area contributed by atoms with Crippen molar-refractivity contribution in [3.63, 3.8) is 0 Å². The summed E-state index contributed by atoms with van der Waals surface area (Å²) < 4.78 is 1.71. The molecule has 0 saturated heterocycles. The van der Waals surface area contributed by atoms with Gasteiger partial charge in [-0.3, -0.25) is 9.59 Å². The fourth-order valence-electron chi connectivity index (χ4n) is 2.92. The molecule has 0 radical (unpaired) electrons. The van der Waals surface area contributed by atoms with E-state index in [1.54, 1.807) is 46.6 Å². The Kier molecular flexibility index (Phi) is 6.85. The summed E-state index contributed by atoms with van der Waals surface area (Å²) in [5, 5.41) is 8.23. The van der Waals surface area contributed by atoms with Crippen molar-refractivity contribution in [2.45, 2.75) is 6.54 Å². The Morgan fingerprint density at radius 1 is 1.03 bits per heavy atom. The highest BCUT2D eigenvalue weighted by molar-refractivity contribution is 7.13. The van der Waals surface area contributed by atoms with E-state index in [0.29, 0.717) is 38.3 Å². The standard InChI is InChI=1S/C21H15Cl3N6O2S/c22-12-1-3-15(14(7-12)19(31)29-16-4-2-13(23)8-27-16)28-20(32)18-17(24)11(10-33-18)9-30-6-5-26-21(30)25/h1-8,10H,9H2,(H2,25,26)(H,28,32)(H,27,29,31). The van der Waals surface area contributed by atoms with Crippen molar-refractivity contribution in [3.8, 4) is 0 Å². The Balaban J connectivity index is 1.54. The maximum atomic E-state index is 13.0. The van der Waals surface area contributed by atoms with Crippen LogP contribution in [0.2, 0.25) is 15.1 Å². The molecule has 4 rings (SSSR count). The lowest BCUT2D eigenvalue weighted by atomic mass is 10.1. The van der Waals surface area contributed by atoms with Gasteiger partial charge in [-0.1, -0.05) is 34.8 Å². The second-order valence-corrected chi connectivity index (χ2v) is 8.91. The molecule has 4 aromatic rings. The van der Waals surface area contributed by atoms with Gasteiger partial charge in [0.1, 0.15) is 10.7 Å². The van der Waals surface area contributed by atoms with Crippen LogP contribution in [0.4, 0.5) is 17.5 Å². The Morgan fingerprint density at radius 3 is 2.52 bits per heavy atom. The van der Waals surface area contributed by atoms with E-state index in [4.69, 9.17) is 40.5 Å². The Morgan fingerprint density at radius 2 is 1.82 bits per heavy atom. The number of imidazole rings is 1. The van der Waals surface area contributed by atoms with Crippen LogP contribution in [0.3, 0.4) is 0 Å². The molecule has 168 valence electrons. The summed E-state index contributed by atoms with van der Waals surface area (Å²) in [6.07, 6.45) is 4.71. The van der Waals surface area contributed by atoms with Crippen LogP contribution in [0.15, 0.2) is 54.3 Å². The van der Waals surface area contributed by atoms with Gasteiger partial charge in [-0.25, -0.2) is 9.97 Å². The number of nitrogens with two attached hydrogens (primary N) is 1. The Bertz CT molecular complexity index is 1340. The summed E-state index contributed by atoms with van der Waals surface area (Å²) in [7, 11) is 0. The molecule has 3 aromatic heterocycles. The number of carbonyl (C=O) groups excluding carboxylic acids is 2. The number of nitrogen functional groups attached to an aromatic ring is 1. The number of benzene rings is 1. The number of carbonyl (C=O) groups is 2. The van der Waals surface area contributed by atoms with Gasteiger partial charge in [0.05, 0.1) is 27.8 Å². The molecule has 0 spiro atoms. The van der Waals surface area contributed by atoms with Gasteiger partial charge in [-0.15, -0.1) is 11.3 Å². The fraction of sp³-hybridized carbons (Fsp3) is 0.0476. The highest BCUT2D eigenvalue weighted by Gasteiger charge is 2.20. The van der Waals surface area contributed by atoms with Gasteiger partial charge in [0, 0.05) is 29.2 Å². The molecule has 1 aromatic carbocycles. The zero-order valence-corrected chi connectivity index (χ0v) is 19.8. The molecule has 0 aliphatic rings. The molecule has 3 heterocycles. The van der Waals surface area contributed by atoms with Crippen molar-refractivity contribution < 1.29 is 9.59 Å². The number of nitrogens with one attached hydrogen (secondary N) is 2. The summed E-state index contributed by atoms with van der Waals surface area (Å²) in [4.78, 5) is 34.1. The quantitative estimate of drug-likeness (QED) is 0.313. The zero-order chi connectivity index (χ0) is 23.5. The van der Waals surface area contributed by atoms with E-state index >= 15 is 0 Å². The number of hydrogen-bond donors (Lipinski definition) is 3. The highest BCUT2D eigenvalue weighted by atomic mass is 35.5. The average molecular weight is 522 g/mol. The molecule has 0 aliphatic carbocycles. The van der Waals surface area contributed by atoms with Gasteiger partial charge in [0.15, 0.2) is 5.95 Å². The van der Waals surface area contributed by atoms with Crippen LogP contribution in [-0.4, -0.2) is 26.3 Å². The van der Waals surface area contributed by atoms with Crippen LogP contribution < -0.4 is 16.4 Å². The lowest BCUT2D eigenvalue weighted by Crippen LogP contribution is -2.18. The maximum Gasteiger partial charge on any atom is 0.267 e. The SMILES string of the molecule is Nc1nccn1Cc1csc(C(=O)Nc2ccc(Cl)cc2C(=O)Nc2ccc(Cl)cn2)c1Cl. The molecule has 0 aliphatic heterocycles. The summed E-state index contributed by atoms with van der Waals surface area (Å²) >= 11 is 19.6. The predicted molar refractivity (Wildman–Crippen MR) is 132 cm³/mol. The van der Waals surface area contributed by atoms with Gasteiger partial charge in [0.2, 0.25) is 0 Å². The number of pyridine rings is 1. The topological polar surface area (TPSA) is 115 Å². The van der Waals surface area contributed by atoms with Crippen LogP contribution in [0, 0.1) is 0 Å². The van der Waals surface area contributed by atoms with Crippen LogP contribution in [0.25, 0.3) is 0 Å². The van der Waals surface area contributed by atoms with Crippen LogP contribution in [0.5, 0.6) is 0 Å². The Labute approximate surface area is 207 Å². The smallest absolute Gasteiger partial charge is 0.267 e. The van der Waals surface area contributed by atoms with Gasteiger partial charge in [0.25, 0.3) is 11.8 Å². The molecule has 0 unspecified atom stereocenters. The number of nitrogens with zero attached hydrogens (tertiary/aromatic N) is 3. The van der Waals surface area contributed by atoms with Crippen molar-refractivity contribution >= 4 is 75.4 Å². The molecule has 33 heavy (non-hydrogen) atoms. The monoisotopic (exact) mass is 520 g/mol. The van der Waals surface area contributed by atoms with Gasteiger partial charge < -0.3 is 20.9 Å². The van der Waals surface area contributed by atoms with Crippen molar-refractivity contribution in [1.82, 2.24) is 14.5 Å².